The maximum atomic E-state index is 13.1. The molecule has 29 heavy (non-hydrogen) atoms. The molecule has 1 N–H and O–H groups in total. The Balaban J connectivity index is 1.49. The Labute approximate surface area is 171 Å². The van der Waals surface area contributed by atoms with Crippen LogP contribution in [0.5, 0.6) is 0 Å². The average Bonchev–Trinajstić information content (AvgIpc) is 3.49. The monoisotopic (exact) mass is 389 g/mol. The van der Waals surface area contributed by atoms with Crippen molar-refractivity contribution in [3.8, 4) is 0 Å². The third kappa shape index (κ3) is 4.67. The number of hydrogen-bond acceptors (Lipinski definition) is 2. The quantitative estimate of drug-likeness (QED) is 0.638. The van der Waals surface area contributed by atoms with Crippen molar-refractivity contribution in [2.75, 3.05) is 13.1 Å². The minimum Gasteiger partial charge on any atom is -0.361 e. The number of carbonyl (C=O) groups is 2. The van der Waals surface area contributed by atoms with Gasteiger partial charge in [-0.3, -0.25) is 9.59 Å². The molecule has 0 spiro atoms. The fraction of sp³-hybridized carbons (Fsp3) is 0.333. The zero-order valence-corrected chi connectivity index (χ0v) is 16.8. The summed E-state index contributed by atoms with van der Waals surface area (Å²) in [5.74, 6) is -0.00654. The van der Waals surface area contributed by atoms with Crippen molar-refractivity contribution in [2.45, 2.75) is 38.8 Å². The standard InChI is InChI=1S/C24H27N3O2/c1-18(28)27(21-11-12-21)17-24(29)26(16-19-7-3-2-4-8-19)14-13-20-15-25-23-10-6-5-9-22(20)23/h2-10,15,21,25H,11-14,16-17H2,1H3. The number of nitrogens with one attached hydrogen (secondary N) is 1. The van der Waals surface area contributed by atoms with E-state index in [0.717, 1.165) is 30.3 Å². The summed E-state index contributed by atoms with van der Waals surface area (Å²) in [7, 11) is 0. The number of para-hydroxylation sites is 1. The van der Waals surface area contributed by atoms with Gasteiger partial charge in [-0.15, -0.1) is 0 Å². The Morgan fingerprint density at radius 1 is 1.03 bits per heavy atom. The zero-order valence-electron chi connectivity index (χ0n) is 16.8. The molecule has 0 saturated heterocycles. The maximum absolute atomic E-state index is 13.1. The van der Waals surface area contributed by atoms with Crippen molar-refractivity contribution in [2.24, 2.45) is 0 Å². The van der Waals surface area contributed by atoms with Crippen LogP contribution in [-0.2, 0) is 22.6 Å². The highest BCUT2D eigenvalue weighted by atomic mass is 16.2. The van der Waals surface area contributed by atoms with Gasteiger partial charge < -0.3 is 14.8 Å². The number of amides is 2. The first-order valence-electron chi connectivity index (χ1n) is 10.3. The van der Waals surface area contributed by atoms with Crippen molar-refractivity contribution in [1.82, 2.24) is 14.8 Å². The van der Waals surface area contributed by atoms with Gasteiger partial charge >= 0.3 is 0 Å². The molecule has 0 aliphatic heterocycles. The molecule has 1 aliphatic rings. The van der Waals surface area contributed by atoms with E-state index in [-0.39, 0.29) is 24.4 Å². The Kier molecular flexibility index (Phi) is 5.65. The minimum absolute atomic E-state index is 0.00999. The number of aromatic nitrogens is 1. The van der Waals surface area contributed by atoms with Crippen LogP contribution in [0.25, 0.3) is 10.9 Å². The molecular formula is C24H27N3O2. The highest BCUT2D eigenvalue weighted by Gasteiger charge is 2.33. The third-order valence-electron chi connectivity index (χ3n) is 5.59. The molecule has 1 saturated carbocycles. The lowest BCUT2D eigenvalue weighted by Gasteiger charge is -2.27. The average molecular weight is 389 g/mol. The van der Waals surface area contributed by atoms with E-state index in [1.165, 1.54) is 10.9 Å². The molecule has 1 fully saturated rings. The molecule has 1 aromatic heterocycles. The smallest absolute Gasteiger partial charge is 0.242 e. The van der Waals surface area contributed by atoms with E-state index in [0.29, 0.717) is 13.1 Å². The highest BCUT2D eigenvalue weighted by Crippen LogP contribution is 2.27. The van der Waals surface area contributed by atoms with Gasteiger partial charge in [-0.05, 0) is 36.5 Å². The lowest BCUT2D eigenvalue weighted by atomic mass is 10.1. The largest absolute Gasteiger partial charge is 0.361 e. The summed E-state index contributed by atoms with van der Waals surface area (Å²) in [6, 6.07) is 18.5. The summed E-state index contributed by atoms with van der Waals surface area (Å²) >= 11 is 0. The van der Waals surface area contributed by atoms with E-state index in [4.69, 9.17) is 0 Å². The molecule has 2 aromatic carbocycles. The van der Waals surface area contributed by atoms with Gasteiger partial charge in [0.1, 0.15) is 6.54 Å². The van der Waals surface area contributed by atoms with E-state index >= 15 is 0 Å². The molecule has 5 heteroatoms. The fourth-order valence-electron chi connectivity index (χ4n) is 3.82. The number of carbonyl (C=O) groups excluding carboxylic acids is 2. The van der Waals surface area contributed by atoms with Crippen LogP contribution in [-0.4, -0.2) is 45.7 Å². The van der Waals surface area contributed by atoms with Crippen LogP contribution >= 0.6 is 0 Å². The van der Waals surface area contributed by atoms with Crippen molar-refractivity contribution in [3.05, 3.63) is 71.9 Å². The fourth-order valence-corrected chi connectivity index (χ4v) is 3.82. The van der Waals surface area contributed by atoms with E-state index in [1.807, 2.05) is 53.6 Å². The van der Waals surface area contributed by atoms with Crippen LogP contribution in [0.15, 0.2) is 60.8 Å². The third-order valence-corrected chi connectivity index (χ3v) is 5.59. The van der Waals surface area contributed by atoms with E-state index in [9.17, 15) is 9.59 Å². The first-order valence-corrected chi connectivity index (χ1v) is 10.3. The Hall–Kier alpha value is -3.08. The molecule has 0 atom stereocenters. The van der Waals surface area contributed by atoms with Crippen molar-refractivity contribution in [1.29, 1.82) is 0 Å². The summed E-state index contributed by atoms with van der Waals surface area (Å²) in [6.07, 6.45) is 4.80. The van der Waals surface area contributed by atoms with E-state index in [2.05, 4.69) is 17.1 Å². The number of H-pyrrole nitrogens is 1. The Bertz CT molecular complexity index is 992. The molecule has 0 unspecified atom stereocenters. The van der Waals surface area contributed by atoms with Crippen molar-refractivity contribution in [3.63, 3.8) is 0 Å². The number of rotatable bonds is 8. The second-order valence-electron chi connectivity index (χ2n) is 7.79. The number of hydrogen-bond donors (Lipinski definition) is 1. The van der Waals surface area contributed by atoms with Crippen molar-refractivity contribution >= 4 is 22.7 Å². The molecular weight excluding hydrogens is 362 g/mol. The molecule has 5 nitrogen and oxygen atoms in total. The predicted molar refractivity (Wildman–Crippen MR) is 114 cm³/mol. The van der Waals surface area contributed by atoms with Gasteiger partial charge in [0, 0.05) is 43.2 Å². The van der Waals surface area contributed by atoms with Gasteiger partial charge in [0.15, 0.2) is 0 Å². The number of nitrogens with zero attached hydrogens (tertiary/aromatic N) is 2. The summed E-state index contributed by atoms with van der Waals surface area (Å²) in [6.45, 7) is 2.89. The second kappa shape index (κ2) is 8.52. The van der Waals surface area contributed by atoms with Gasteiger partial charge in [0.25, 0.3) is 0 Å². The topological polar surface area (TPSA) is 56.4 Å². The van der Waals surface area contributed by atoms with Crippen LogP contribution in [0, 0.1) is 0 Å². The van der Waals surface area contributed by atoms with Gasteiger partial charge in [-0.1, -0.05) is 48.5 Å². The van der Waals surface area contributed by atoms with Crippen molar-refractivity contribution < 1.29 is 9.59 Å². The highest BCUT2D eigenvalue weighted by molar-refractivity contribution is 5.85. The van der Waals surface area contributed by atoms with Crippen LogP contribution < -0.4 is 0 Å². The molecule has 0 radical (unpaired) electrons. The summed E-state index contributed by atoms with van der Waals surface area (Å²) in [5.41, 5.74) is 3.41. The molecule has 150 valence electrons. The number of benzene rings is 2. The van der Waals surface area contributed by atoms with Crippen LogP contribution in [0.3, 0.4) is 0 Å². The summed E-state index contributed by atoms with van der Waals surface area (Å²) < 4.78 is 0. The SMILES string of the molecule is CC(=O)N(CC(=O)N(CCc1c[nH]c2ccccc12)Cc1ccccc1)C1CC1. The van der Waals surface area contributed by atoms with Gasteiger partial charge in [-0.25, -0.2) is 0 Å². The molecule has 0 bridgehead atoms. The maximum Gasteiger partial charge on any atom is 0.242 e. The van der Waals surface area contributed by atoms with Gasteiger partial charge in [0.05, 0.1) is 0 Å². The van der Waals surface area contributed by atoms with Crippen LogP contribution in [0.2, 0.25) is 0 Å². The van der Waals surface area contributed by atoms with Crippen LogP contribution in [0.4, 0.5) is 0 Å². The summed E-state index contributed by atoms with van der Waals surface area (Å²) in [5, 5.41) is 1.20. The van der Waals surface area contributed by atoms with Gasteiger partial charge in [0.2, 0.25) is 11.8 Å². The summed E-state index contributed by atoms with van der Waals surface area (Å²) in [4.78, 5) is 32.0. The first kappa shape index (κ1) is 19.2. The number of aromatic amines is 1. The minimum atomic E-state index is -0.0165. The lowest BCUT2D eigenvalue weighted by Crippen LogP contribution is -2.43. The zero-order chi connectivity index (χ0) is 20.2. The number of fused-ring (bicyclic) bond motifs is 1. The molecule has 2 amide bonds. The Morgan fingerprint density at radius 3 is 2.48 bits per heavy atom. The van der Waals surface area contributed by atoms with Crippen LogP contribution in [0.1, 0.15) is 30.9 Å². The molecule has 1 aliphatic carbocycles. The molecule has 4 rings (SSSR count). The predicted octanol–water partition coefficient (Wildman–Crippen LogP) is 3.75. The van der Waals surface area contributed by atoms with E-state index in [1.54, 1.807) is 11.8 Å². The Morgan fingerprint density at radius 2 is 1.76 bits per heavy atom. The van der Waals surface area contributed by atoms with Gasteiger partial charge in [-0.2, -0.15) is 0 Å². The normalized spacial score (nSPS) is 13.4. The second-order valence-corrected chi connectivity index (χ2v) is 7.79. The van der Waals surface area contributed by atoms with E-state index < -0.39 is 0 Å². The molecule has 3 aromatic rings. The lowest BCUT2D eigenvalue weighted by molar-refractivity contribution is -0.140. The first-order chi connectivity index (χ1) is 14.1. The molecule has 1 heterocycles.